The smallest absolute Gasteiger partial charge is 0.00965 e. The first-order valence-corrected chi connectivity index (χ1v) is 8.10. The second kappa shape index (κ2) is 5.13. The Kier molecular flexibility index (Phi) is 3.68. The topological polar surface area (TPSA) is 15.3 Å². The minimum atomic E-state index is 0.575. The summed E-state index contributed by atoms with van der Waals surface area (Å²) in [6.45, 7) is 8.88. The molecule has 3 rings (SSSR count). The number of hydrogen-bond acceptors (Lipinski definition) is 2. The molecule has 2 atom stereocenters. The van der Waals surface area contributed by atoms with Crippen molar-refractivity contribution in [2.45, 2.75) is 70.9 Å². The van der Waals surface area contributed by atoms with Crippen LogP contribution in [0.2, 0.25) is 0 Å². The molecule has 2 nitrogen and oxygen atoms in total. The van der Waals surface area contributed by atoms with Crippen molar-refractivity contribution in [2.75, 3.05) is 19.6 Å². The van der Waals surface area contributed by atoms with Gasteiger partial charge in [-0.1, -0.05) is 20.3 Å². The maximum atomic E-state index is 3.87. The Labute approximate surface area is 113 Å². The minimum absolute atomic E-state index is 0.575. The molecule has 0 aromatic heterocycles. The highest BCUT2D eigenvalue weighted by atomic mass is 15.2. The predicted octanol–water partition coefficient (Wildman–Crippen LogP) is 3.03. The van der Waals surface area contributed by atoms with Gasteiger partial charge in [-0.25, -0.2) is 0 Å². The lowest BCUT2D eigenvalue weighted by Crippen LogP contribution is -2.40. The normalized spacial score (nSPS) is 37.0. The first-order valence-electron chi connectivity index (χ1n) is 8.10. The summed E-state index contributed by atoms with van der Waals surface area (Å²) in [5, 5.41) is 3.87. The van der Waals surface area contributed by atoms with Crippen LogP contribution in [0.5, 0.6) is 0 Å². The van der Waals surface area contributed by atoms with Crippen LogP contribution in [0.15, 0.2) is 0 Å². The van der Waals surface area contributed by atoms with Gasteiger partial charge in [0.15, 0.2) is 0 Å². The van der Waals surface area contributed by atoms with Crippen LogP contribution in [0.4, 0.5) is 0 Å². The molecule has 1 N–H and O–H groups in total. The number of nitrogens with one attached hydrogen (secondary N) is 1. The van der Waals surface area contributed by atoms with E-state index in [2.05, 4.69) is 24.1 Å². The highest BCUT2D eigenvalue weighted by Crippen LogP contribution is 2.35. The van der Waals surface area contributed by atoms with Gasteiger partial charge < -0.3 is 10.2 Å². The Morgan fingerprint density at radius 1 is 1.17 bits per heavy atom. The van der Waals surface area contributed by atoms with Crippen molar-refractivity contribution in [3.8, 4) is 0 Å². The highest BCUT2D eigenvalue weighted by molar-refractivity contribution is 4.91. The lowest BCUT2D eigenvalue weighted by Gasteiger charge is -2.36. The van der Waals surface area contributed by atoms with E-state index in [0.29, 0.717) is 5.41 Å². The lowest BCUT2D eigenvalue weighted by atomic mass is 9.75. The Bertz CT molecular complexity index is 283. The summed E-state index contributed by atoms with van der Waals surface area (Å²) >= 11 is 0. The quantitative estimate of drug-likeness (QED) is 0.825. The van der Waals surface area contributed by atoms with Crippen molar-refractivity contribution in [2.24, 2.45) is 11.3 Å². The van der Waals surface area contributed by atoms with Crippen molar-refractivity contribution < 1.29 is 0 Å². The van der Waals surface area contributed by atoms with Gasteiger partial charge in [-0.3, -0.25) is 0 Å². The van der Waals surface area contributed by atoms with Gasteiger partial charge in [-0.2, -0.15) is 0 Å². The molecule has 3 fully saturated rings. The zero-order valence-corrected chi connectivity index (χ0v) is 12.3. The van der Waals surface area contributed by atoms with Gasteiger partial charge in [0, 0.05) is 18.6 Å². The number of likely N-dealkylation sites (tertiary alicyclic amines) is 1. The van der Waals surface area contributed by atoms with Crippen molar-refractivity contribution in [1.82, 2.24) is 10.2 Å². The molecule has 2 aliphatic carbocycles. The Balaban J connectivity index is 1.39. The first-order chi connectivity index (χ1) is 8.62. The van der Waals surface area contributed by atoms with E-state index in [0.717, 1.165) is 18.0 Å². The molecule has 0 spiro atoms. The summed E-state index contributed by atoms with van der Waals surface area (Å²) in [6.07, 6.45) is 10.00. The minimum Gasteiger partial charge on any atom is -0.314 e. The molecule has 1 aliphatic heterocycles. The van der Waals surface area contributed by atoms with E-state index in [1.807, 2.05) is 0 Å². The number of nitrogens with zero attached hydrogens (tertiary/aromatic N) is 1. The van der Waals surface area contributed by atoms with Crippen LogP contribution in [0.1, 0.15) is 58.8 Å². The largest absolute Gasteiger partial charge is 0.314 e. The maximum Gasteiger partial charge on any atom is 0.00965 e. The molecule has 18 heavy (non-hydrogen) atoms. The second-order valence-corrected chi connectivity index (χ2v) is 7.75. The lowest BCUT2D eigenvalue weighted by molar-refractivity contribution is 0.194. The molecular weight excluding hydrogens is 220 g/mol. The molecular formula is C16H30N2. The summed E-state index contributed by atoms with van der Waals surface area (Å²) < 4.78 is 0. The van der Waals surface area contributed by atoms with Crippen molar-refractivity contribution >= 4 is 0 Å². The van der Waals surface area contributed by atoms with Crippen LogP contribution in [-0.2, 0) is 0 Å². The van der Waals surface area contributed by atoms with Gasteiger partial charge in [0.2, 0.25) is 0 Å². The van der Waals surface area contributed by atoms with Crippen molar-refractivity contribution in [3.05, 3.63) is 0 Å². The second-order valence-electron chi connectivity index (χ2n) is 7.75. The summed E-state index contributed by atoms with van der Waals surface area (Å²) in [5.41, 5.74) is 0.575. The molecule has 2 unspecified atom stereocenters. The summed E-state index contributed by atoms with van der Waals surface area (Å²) in [5.74, 6) is 0.927. The Hall–Kier alpha value is -0.0800. The van der Waals surface area contributed by atoms with E-state index < -0.39 is 0 Å². The molecule has 104 valence electrons. The fraction of sp³-hybridized carbons (Fsp3) is 1.00. The molecule has 2 saturated carbocycles. The zero-order valence-electron chi connectivity index (χ0n) is 12.3. The third-order valence-corrected chi connectivity index (χ3v) is 5.28. The van der Waals surface area contributed by atoms with Gasteiger partial charge in [-0.15, -0.1) is 0 Å². The van der Waals surface area contributed by atoms with Gasteiger partial charge in [0.1, 0.15) is 0 Å². The Morgan fingerprint density at radius 2 is 2.00 bits per heavy atom. The fourth-order valence-electron chi connectivity index (χ4n) is 4.01. The van der Waals surface area contributed by atoms with Crippen molar-refractivity contribution in [3.63, 3.8) is 0 Å². The molecule has 0 bridgehead atoms. The van der Waals surface area contributed by atoms with E-state index in [1.54, 1.807) is 0 Å². The fourth-order valence-corrected chi connectivity index (χ4v) is 4.01. The Morgan fingerprint density at radius 3 is 2.72 bits per heavy atom. The average molecular weight is 250 g/mol. The van der Waals surface area contributed by atoms with Gasteiger partial charge in [0.05, 0.1) is 0 Å². The van der Waals surface area contributed by atoms with E-state index in [1.165, 1.54) is 64.6 Å². The van der Waals surface area contributed by atoms with E-state index in [-0.39, 0.29) is 0 Å². The zero-order chi connectivity index (χ0) is 12.6. The van der Waals surface area contributed by atoms with Crippen molar-refractivity contribution in [1.29, 1.82) is 0 Å². The van der Waals surface area contributed by atoms with Crippen LogP contribution in [-0.4, -0.2) is 36.6 Å². The molecule has 0 aromatic carbocycles. The van der Waals surface area contributed by atoms with E-state index >= 15 is 0 Å². The third kappa shape index (κ3) is 3.27. The molecule has 3 aliphatic rings. The van der Waals surface area contributed by atoms with Crippen LogP contribution in [0.3, 0.4) is 0 Å². The van der Waals surface area contributed by atoms with Gasteiger partial charge >= 0.3 is 0 Å². The number of rotatable bonds is 4. The van der Waals surface area contributed by atoms with Crippen LogP contribution < -0.4 is 5.32 Å². The average Bonchev–Trinajstić information content (AvgIpc) is 3.05. The van der Waals surface area contributed by atoms with Crippen LogP contribution in [0, 0.1) is 11.3 Å². The summed E-state index contributed by atoms with van der Waals surface area (Å²) in [4.78, 5) is 2.73. The summed E-state index contributed by atoms with van der Waals surface area (Å²) in [7, 11) is 0. The summed E-state index contributed by atoms with van der Waals surface area (Å²) in [6, 6.07) is 1.77. The van der Waals surface area contributed by atoms with E-state index in [4.69, 9.17) is 0 Å². The molecule has 1 heterocycles. The van der Waals surface area contributed by atoms with Crippen LogP contribution >= 0.6 is 0 Å². The molecule has 0 aromatic rings. The molecule has 0 amide bonds. The number of hydrogen-bond donors (Lipinski definition) is 1. The van der Waals surface area contributed by atoms with E-state index in [9.17, 15) is 0 Å². The van der Waals surface area contributed by atoms with Gasteiger partial charge in [0.25, 0.3) is 0 Å². The monoisotopic (exact) mass is 250 g/mol. The predicted molar refractivity (Wildman–Crippen MR) is 76.7 cm³/mol. The highest BCUT2D eigenvalue weighted by Gasteiger charge is 2.34. The van der Waals surface area contributed by atoms with Crippen LogP contribution in [0.25, 0.3) is 0 Å². The van der Waals surface area contributed by atoms with Gasteiger partial charge in [-0.05, 0) is 62.9 Å². The first kappa shape index (κ1) is 12.9. The molecule has 1 saturated heterocycles. The third-order valence-electron chi connectivity index (χ3n) is 5.28. The molecule has 2 heteroatoms. The SMILES string of the molecule is CC1(C)CCCC(NCC2CCN(C3CC3)C2)C1. The standard InChI is InChI=1S/C16H30N2/c1-16(2)8-3-4-14(10-16)17-11-13-7-9-18(12-13)15-5-6-15/h13-15,17H,3-12H2,1-2H3. The molecule has 0 radical (unpaired) electrons. The maximum absolute atomic E-state index is 3.87.